The van der Waals surface area contributed by atoms with Crippen LogP contribution in [0.5, 0.6) is 0 Å². The number of aliphatic hydroxyl groups excluding tert-OH is 2. The maximum atomic E-state index is 12.5. The van der Waals surface area contributed by atoms with Gasteiger partial charge in [0.05, 0.1) is 12.9 Å². The fraction of sp³-hybridized carbons (Fsp3) is 0.720. The van der Waals surface area contributed by atoms with E-state index in [4.69, 9.17) is 15.2 Å². The number of likely N-dealkylation sites (N-methyl/N-ethyl adjacent to an activating group) is 1. The second-order valence-electron chi connectivity index (χ2n) is 10.6. The zero-order chi connectivity index (χ0) is 27.5. The summed E-state index contributed by atoms with van der Waals surface area (Å²) in [5.41, 5.74) is 6.88. The summed E-state index contributed by atoms with van der Waals surface area (Å²) in [5, 5.41) is 27.0. The first kappa shape index (κ1) is 27.5. The van der Waals surface area contributed by atoms with Gasteiger partial charge in [0.1, 0.15) is 23.5 Å². The number of nitrogens with zero attached hydrogens (tertiary/aromatic N) is 5. The van der Waals surface area contributed by atoms with Gasteiger partial charge in [0.25, 0.3) is 5.91 Å². The fourth-order valence-corrected chi connectivity index (χ4v) is 5.57. The molecule has 2 aromatic heterocycles. The molecule has 0 spiro atoms. The van der Waals surface area contributed by atoms with Crippen molar-refractivity contribution in [3.63, 3.8) is 0 Å². The maximum absolute atomic E-state index is 12.5. The molecule has 5 heterocycles. The van der Waals surface area contributed by atoms with Gasteiger partial charge in [-0.2, -0.15) is 0 Å². The van der Waals surface area contributed by atoms with Crippen molar-refractivity contribution in [1.29, 1.82) is 0 Å². The Hall–Kier alpha value is -3.07. The van der Waals surface area contributed by atoms with Crippen molar-refractivity contribution >= 4 is 29.0 Å². The number of hydrogen-bond donors (Lipinski definition) is 5. The number of piperidine rings is 2. The quantitative estimate of drug-likeness (QED) is 0.302. The number of aromatic nitrogens is 4. The minimum Gasteiger partial charge on any atom is -0.449 e. The highest BCUT2D eigenvalue weighted by molar-refractivity contribution is 5.83. The molecule has 14 heteroatoms. The minimum atomic E-state index is -1.41. The lowest BCUT2D eigenvalue weighted by molar-refractivity contribution is -0.137. The van der Waals surface area contributed by atoms with E-state index in [1.807, 2.05) is 0 Å². The number of hydrogen-bond acceptors (Lipinski definition) is 11. The first-order valence-electron chi connectivity index (χ1n) is 13.8. The van der Waals surface area contributed by atoms with E-state index < -0.39 is 30.4 Å². The number of nitrogen functional groups attached to an aromatic ring is 1. The van der Waals surface area contributed by atoms with Gasteiger partial charge >= 0.3 is 6.09 Å². The van der Waals surface area contributed by atoms with Crippen LogP contribution in [0.2, 0.25) is 0 Å². The van der Waals surface area contributed by atoms with Crippen molar-refractivity contribution in [2.24, 2.45) is 11.8 Å². The molecule has 0 saturated carbocycles. The molecule has 39 heavy (non-hydrogen) atoms. The summed E-state index contributed by atoms with van der Waals surface area (Å²) >= 11 is 0. The van der Waals surface area contributed by atoms with Gasteiger partial charge in [0, 0.05) is 38.5 Å². The Labute approximate surface area is 226 Å². The molecule has 0 radical (unpaired) electrons. The number of carbonyl (C=O) groups excluding carboxylic acids is 2. The number of fused-ring (bicyclic) bond motifs is 1. The largest absolute Gasteiger partial charge is 0.449 e. The Morgan fingerprint density at radius 1 is 1.21 bits per heavy atom. The maximum Gasteiger partial charge on any atom is 0.409 e. The molecule has 3 aliphatic heterocycles. The van der Waals surface area contributed by atoms with Gasteiger partial charge in [-0.3, -0.25) is 9.36 Å². The van der Waals surface area contributed by atoms with Crippen molar-refractivity contribution in [3.8, 4) is 0 Å². The van der Waals surface area contributed by atoms with Crippen LogP contribution in [0.3, 0.4) is 0 Å². The zero-order valence-corrected chi connectivity index (χ0v) is 22.2. The van der Waals surface area contributed by atoms with Gasteiger partial charge in [-0.1, -0.05) is 0 Å². The SMILES string of the molecule is CCNC(=O)[C@H]1O[C@@H](n2cnc3c(N)nc(CC4CCN(C(=O)OCC5CCCNC5)CC4)nc32)C(O)C1O. The third kappa shape index (κ3) is 5.93. The lowest BCUT2D eigenvalue weighted by Crippen LogP contribution is -2.42. The summed E-state index contributed by atoms with van der Waals surface area (Å²) in [6.45, 7) is 5.69. The predicted octanol–water partition coefficient (Wildman–Crippen LogP) is -0.445. The predicted molar refractivity (Wildman–Crippen MR) is 139 cm³/mol. The van der Waals surface area contributed by atoms with Crippen molar-refractivity contribution in [3.05, 3.63) is 12.2 Å². The fourth-order valence-electron chi connectivity index (χ4n) is 5.57. The number of ether oxygens (including phenoxy) is 2. The normalized spacial score (nSPS) is 28.1. The Morgan fingerprint density at radius 2 is 2.00 bits per heavy atom. The van der Waals surface area contributed by atoms with E-state index in [-0.39, 0.29) is 17.8 Å². The van der Waals surface area contributed by atoms with Gasteiger partial charge < -0.3 is 41.0 Å². The highest BCUT2D eigenvalue weighted by Gasteiger charge is 2.47. The third-order valence-electron chi connectivity index (χ3n) is 7.80. The summed E-state index contributed by atoms with van der Waals surface area (Å²) in [7, 11) is 0. The molecule has 3 aliphatic rings. The number of carbonyl (C=O) groups is 2. The Bertz CT molecular complexity index is 1160. The van der Waals surface area contributed by atoms with Crippen molar-refractivity contribution < 1.29 is 29.3 Å². The number of rotatable bonds is 7. The molecule has 2 amide bonds. The summed E-state index contributed by atoms with van der Waals surface area (Å²) in [4.78, 5) is 39.9. The molecule has 5 rings (SSSR count). The second-order valence-corrected chi connectivity index (χ2v) is 10.6. The number of imidazole rings is 1. The molecule has 0 aromatic carbocycles. The lowest BCUT2D eigenvalue weighted by Gasteiger charge is -2.32. The average Bonchev–Trinajstić information content (AvgIpc) is 3.49. The summed E-state index contributed by atoms with van der Waals surface area (Å²) in [5.74, 6) is 0.833. The number of amides is 2. The highest BCUT2D eigenvalue weighted by atomic mass is 16.6. The molecule has 0 aliphatic carbocycles. The minimum absolute atomic E-state index is 0.195. The zero-order valence-electron chi connectivity index (χ0n) is 22.2. The molecular formula is C25H38N8O6. The van der Waals surface area contributed by atoms with E-state index in [1.165, 1.54) is 10.9 Å². The molecule has 3 saturated heterocycles. The van der Waals surface area contributed by atoms with Gasteiger partial charge in [-0.05, 0) is 45.1 Å². The summed E-state index contributed by atoms with van der Waals surface area (Å²) in [6.07, 6.45) is 0.395. The van der Waals surface area contributed by atoms with E-state index in [0.717, 1.165) is 38.8 Å². The number of nitrogens with two attached hydrogens (primary N) is 1. The van der Waals surface area contributed by atoms with Crippen molar-refractivity contribution in [1.82, 2.24) is 35.1 Å². The Kier molecular flexibility index (Phi) is 8.45. The molecule has 214 valence electrons. The van der Waals surface area contributed by atoms with E-state index in [2.05, 4.69) is 25.6 Å². The Morgan fingerprint density at radius 3 is 2.72 bits per heavy atom. The molecule has 3 unspecified atom stereocenters. The first-order chi connectivity index (χ1) is 18.9. The van der Waals surface area contributed by atoms with Gasteiger partial charge in [-0.15, -0.1) is 0 Å². The average molecular weight is 547 g/mol. The number of anilines is 1. The van der Waals surface area contributed by atoms with Crippen LogP contribution in [0.4, 0.5) is 10.6 Å². The first-order valence-corrected chi connectivity index (χ1v) is 13.8. The van der Waals surface area contributed by atoms with Crippen LogP contribution in [0, 0.1) is 11.8 Å². The number of aliphatic hydroxyl groups is 2. The molecule has 2 aromatic rings. The van der Waals surface area contributed by atoms with Crippen LogP contribution in [-0.2, 0) is 20.7 Å². The Balaban J connectivity index is 1.21. The van der Waals surface area contributed by atoms with Crippen molar-refractivity contribution in [2.45, 2.75) is 63.6 Å². The topological polar surface area (TPSA) is 190 Å². The van der Waals surface area contributed by atoms with Crippen LogP contribution in [0.15, 0.2) is 6.33 Å². The molecule has 0 bridgehead atoms. The monoisotopic (exact) mass is 546 g/mol. The summed E-state index contributed by atoms with van der Waals surface area (Å²) in [6, 6.07) is 0. The van der Waals surface area contributed by atoms with Crippen LogP contribution in [-0.4, -0.2) is 104 Å². The van der Waals surface area contributed by atoms with Crippen LogP contribution in [0.1, 0.15) is 44.7 Å². The van der Waals surface area contributed by atoms with Gasteiger partial charge in [0.2, 0.25) is 0 Å². The third-order valence-corrected chi connectivity index (χ3v) is 7.80. The van der Waals surface area contributed by atoms with Crippen molar-refractivity contribution in [2.75, 3.05) is 45.1 Å². The van der Waals surface area contributed by atoms with Crippen LogP contribution in [0.25, 0.3) is 11.2 Å². The van der Waals surface area contributed by atoms with Crippen LogP contribution >= 0.6 is 0 Å². The molecule has 3 fully saturated rings. The molecule has 14 nitrogen and oxygen atoms in total. The van der Waals surface area contributed by atoms with Crippen LogP contribution < -0.4 is 16.4 Å². The molecule has 6 N–H and O–H groups in total. The highest BCUT2D eigenvalue weighted by Crippen LogP contribution is 2.32. The summed E-state index contributed by atoms with van der Waals surface area (Å²) < 4.78 is 12.8. The van der Waals surface area contributed by atoms with E-state index in [9.17, 15) is 19.8 Å². The smallest absolute Gasteiger partial charge is 0.409 e. The van der Waals surface area contributed by atoms with Gasteiger partial charge in [-0.25, -0.2) is 19.7 Å². The number of likely N-dealkylation sites (tertiary alicyclic amines) is 1. The second kappa shape index (κ2) is 12.0. The van der Waals surface area contributed by atoms with E-state index in [1.54, 1.807) is 11.8 Å². The van der Waals surface area contributed by atoms with E-state index >= 15 is 0 Å². The number of nitrogens with one attached hydrogen (secondary N) is 2. The molecular weight excluding hydrogens is 508 g/mol. The molecule has 5 atom stereocenters. The standard InChI is InChI=1S/C25H38N8O6/c1-2-28-23(36)20-18(34)19(35)24(39-20)33-13-29-17-21(26)30-16(31-22(17)33)10-14-5-8-32(9-6-14)25(37)38-12-15-4-3-7-27-11-15/h13-15,18-20,24,27,34-35H,2-12H2,1H3,(H,28,36)(H2,26,30,31)/t15?,18?,19?,20-,24+/m0/s1. The lowest BCUT2D eigenvalue weighted by atomic mass is 9.93. The van der Waals surface area contributed by atoms with E-state index in [0.29, 0.717) is 55.6 Å². The van der Waals surface area contributed by atoms with Gasteiger partial charge in [0.15, 0.2) is 23.8 Å².